The van der Waals surface area contributed by atoms with Crippen LogP contribution in [0.5, 0.6) is 0 Å². The third kappa shape index (κ3) is 1.05. The molecule has 0 aromatic carbocycles. The molecule has 0 radical (unpaired) electrons. The van der Waals surface area contributed by atoms with Gasteiger partial charge in [0.2, 0.25) is 0 Å². The summed E-state index contributed by atoms with van der Waals surface area (Å²) >= 11 is 0. The van der Waals surface area contributed by atoms with Gasteiger partial charge in [-0.25, -0.2) is 4.98 Å². The second-order valence-electron chi connectivity index (χ2n) is 1.79. The first-order chi connectivity index (χ1) is 5.47. The summed E-state index contributed by atoms with van der Waals surface area (Å²) in [6.07, 6.45) is 6.03. The monoisotopic (exact) mass is 148 g/mol. The Bertz CT molecular complexity index is 314. The van der Waals surface area contributed by atoms with Gasteiger partial charge in [0.1, 0.15) is 12.7 Å². The zero-order valence-corrected chi connectivity index (χ0v) is 5.49. The van der Waals surface area contributed by atoms with Gasteiger partial charge in [0.15, 0.2) is 0 Å². The van der Waals surface area contributed by atoms with Crippen molar-refractivity contribution < 1.29 is 0 Å². The van der Waals surface area contributed by atoms with Gasteiger partial charge < -0.3 is 0 Å². The van der Waals surface area contributed by atoms with Crippen LogP contribution in [0.15, 0.2) is 25.0 Å². The molecule has 0 unspecified atom stereocenters. The lowest BCUT2D eigenvalue weighted by Crippen LogP contribution is -2.01. The van der Waals surface area contributed by atoms with Crippen LogP contribution in [0, 0.1) is 0 Å². The quantitative estimate of drug-likeness (QED) is 0.542. The fourth-order valence-electron chi connectivity index (χ4n) is 0.666. The Kier molecular flexibility index (Phi) is 1.29. The fourth-order valence-corrected chi connectivity index (χ4v) is 0.666. The van der Waals surface area contributed by atoms with Crippen molar-refractivity contribution in [3.8, 4) is 5.95 Å². The summed E-state index contributed by atoms with van der Waals surface area (Å²) in [5.41, 5.74) is 0. The molecule has 0 spiro atoms. The van der Waals surface area contributed by atoms with Gasteiger partial charge in [-0.3, -0.25) is 0 Å². The summed E-state index contributed by atoms with van der Waals surface area (Å²) in [5.74, 6) is 0.470. The van der Waals surface area contributed by atoms with E-state index in [2.05, 4.69) is 25.3 Å². The van der Waals surface area contributed by atoms with Gasteiger partial charge in [0, 0.05) is 0 Å². The van der Waals surface area contributed by atoms with E-state index in [1.807, 2.05) is 0 Å². The summed E-state index contributed by atoms with van der Waals surface area (Å²) in [7, 11) is 0. The molecule has 0 saturated heterocycles. The van der Waals surface area contributed by atoms with Crippen LogP contribution in [0.2, 0.25) is 0 Å². The molecule has 0 amide bonds. The molecule has 2 heterocycles. The smallest absolute Gasteiger partial charge is 0.225 e. The first kappa shape index (κ1) is 5.90. The zero-order chi connectivity index (χ0) is 7.52. The molecular formula is C5H4N6. The van der Waals surface area contributed by atoms with E-state index in [1.165, 1.54) is 17.3 Å². The highest BCUT2D eigenvalue weighted by Gasteiger charge is 1.95. The van der Waals surface area contributed by atoms with Gasteiger partial charge in [0.25, 0.3) is 5.95 Å². The molecular weight excluding hydrogens is 144 g/mol. The van der Waals surface area contributed by atoms with Gasteiger partial charge in [-0.15, -0.1) is 5.10 Å². The van der Waals surface area contributed by atoms with E-state index >= 15 is 0 Å². The number of rotatable bonds is 1. The molecule has 0 aliphatic rings. The first-order valence-electron chi connectivity index (χ1n) is 2.95. The lowest BCUT2D eigenvalue weighted by Gasteiger charge is -1.92. The van der Waals surface area contributed by atoms with Crippen molar-refractivity contribution in [3.05, 3.63) is 25.0 Å². The van der Waals surface area contributed by atoms with Crippen LogP contribution in [0.25, 0.3) is 5.95 Å². The Morgan fingerprint density at radius 2 is 2.00 bits per heavy atom. The Balaban J connectivity index is 2.46. The van der Waals surface area contributed by atoms with E-state index in [4.69, 9.17) is 0 Å². The number of aromatic nitrogens is 6. The van der Waals surface area contributed by atoms with Crippen molar-refractivity contribution in [1.29, 1.82) is 0 Å². The number of hydrogen-bond acceptors (Lipinski definition) is 5. The molecule has 0 bridgehead atoms. The highest BCUT2D eigenvalue weighted by atomic mass is 15.5. The molecule has 0 aliphatic carbocycles. The van der Waals surface area contributed by atoms with E-state index in [1.54, 1.807) is 12.4 Å². The Morgan fingerprint density at radius 1 is 1.18 bits per heavy atom. The molecule has 6 heteroatoms. The lowest BCUT2D eigenvalue weighted by atomic mass is 10.8. The minimum absolute atomic E-state index is 0.470. The van der Waals surface area contributed by atoms with E-state index < -0.39 is 0 Å². The van der Waals surface area contributed by atoms with Crippen molar-refractivity contribution in [2.75, 3.05) is 0 Å². The van der Waals surface area contributed by atoms with Gasteiger partial charge in [-0.1, -0.05) is 5.21 Å². The van der Waals surface area contributed by atoms with Crippen LogP contribution >= 0.6 is 0 Å². The summed E-state index contributed by atoms with van der Waals surface area (Å²) in [4.78, 5) is 11.4. The Labute approximate surface area is 61.9 Å². The molecule has 11 heavy (non-hydrogen) atoms. The van der Waals surface area contributed by atoms with Crippen LogP contribution in [0.4, 0.5) is 0 Å². The van der Waals surface area contributed by atoms with Gasteiger partial charge >= 0.3 is 0 Å². The van der Waals surface area contributed by atoms with Gasteiger partial charge in [-0.05, 0) is 0 Å². The summed E-state index contributed by atoms with van der Waals surface area (Å²) in [6, 6.07) is 0. The maximum Gasteiger partial charge on any atom is 0.254 e. The van der Waals surface area contributed by atoms with E-state index in [0.29, 0.717) is 5.95 Å². The van der Waals surface area contributed by atoms with Crippen molar-refractivity contribution in [2.24, 2.45) is 0 Å². The normalized spacial score (nSPS) is 9.82. The van der Waals surface area contributed by atoms with Crippen LogP contribution in [-0.2, 0) is 0 Å². The molecule has 54 valence electrons. The first-order valence-corrected chi connectivity index (χ1v) is 2.95. The highest BCUT2D eigenvalue weighted by Crippen LogP contribution is 1.90. The molecule has 2 rings (SSSR count). The van der Waals surface area contributed by atoms with Gasteiger partial charge in [0.05, 0.1) is 12.4 Å². The average Bonchev–Trinajstić information content (AvgIpc) is 2.58. The number of nitrogens with zero attached hydrogens (tertiary/aromatic N) is 6. The maximum absolute atomic E-state index is 3.86. The van der Waals surface area contributed by atoms with Crippen LogP contribution in [0.3, 0.4) is 0 Å². The molecule has 0 saturated carbocycles. The van der Waals surface area contributed by atoms with E-state index in [-0.39, 0.29) is 0 Å². The van der Waals surface area contributed by atoms with Crippen molar-refractivity contribution >= 4 is 0 Å². The van der Waals surface area contributed by atoms with Crippen LogP contribution in [-0.4, -0.2) is 29.9 Å². The van der Waals surface area contributed by atoms with Crippen LogP contribution < -0.4 is 0 Å². The SMILES string of the molecule is c1cn(-c2ncncn2)nn1. The molecule has 0 aliphatic heterocycles. The maximum atomic E-state index is 3.86. The topological polar surface area (TPSA) is 69.4 Å². The van der Waals surface area contributed by atoms with Crippen molar-refractivity contribution in [1.82, 2.24) is 29.9 Å². The summed E-state index contributed by atoms with van der Waals surface area (Å²) in [6.45, 7) is 0. The Morgan fingerprint density at radius 3 is 2.64 bits per heavy atom. The van der Waals surface area contributed by atoms with E-state index in [0.717, 1.165) is 0 Å². The van der Waals surface area contributed by atoms with Gasteiger partial charge in [-0.2, -0.15) is 14.6 Å². The predicted molar refractivity (Wildman–Crippen MR) is 34.7 cm³/mol. The molecule has 0 atom stereocenters. The molecule has 0 N–H and O–H groups in total. The average molecular weight is 148 g/mol. The minimum Gasteiger partial charge on any atom is -0.225 e. The third-order valence-corrected chi connectivity index (χ3v) is 1.11. The van der Waals surface area contributed by atoms with Crippen LogP contribution in [0.1, 0.15) is 0 Å². The largest absolute Gasteiger partial charge is 0.254 e. The predicted octanol–water partition coefficient (Wildman–Crippen LogP) is -0.548. The molecule has 6 nitrogen and oxygen atoms in total. The van der Waals surface area contributed by atoms with Crippen molar-refractivity contribution in [3.63, 3.8) is 0 Å². The van der Waals surface area contributed by atoms with E-state index in [9.17, 15) is 0 Å². The molecule has 2 aromatic heterocycles. The van der Waals surface area contributed by atoms with Crippen molar-refractivity contribution in [2.45, 2.75) is 0 Å². The Hall–Kier alpha value is -1.85. The lowest BCUT2D eigenvalue weighted by molar-refractivity contribution is 0.746. The molecule has 0 fully saturated rings. The summed E-state index contributed by atoms with van der Waals surface area (Å²) < 4.78 is 1.46. The second-order valence-corrected chi connectivity index (χ2v) is 1.79. The third-order valence-electron chi connectivity index (χ3n) is 1.11. The standard InChI is InChI=1S/C5H4N6/c1-2-11(10-9-1)5-7-3-6-4-8-5/h1-4H. The minimum atomic E-state index is 0.470. The number of hydrogen-bond donors (Lipinski definition) is 0. The summed E-state index contributed by atoms with van der Waals surface area (Å²) in [5, 5.41) is 7.31. The second kappa shape index (κ2) is 2.41. The zero-order valence-electron chi connectivity index (χ0n) is 5.49. The fraction of sp³-hybridized carbons (Fsp3) is 0. The molecule has 2 aromatic rings. The highest BCUT2D eigenvalue weighted by molar-refractivity contribution is 5.02.